The van der Waals surface area contributed by atoms with Crippen molar-refractivity contribution in [3.05, 3.63) is 65.3 Å². The lowest BCUT2D eigenvalue weighted by molar-refractivity contribution is -0.136. The van der Waals surface area contributed by atoms with Gasteiger partial charge in [-0.15, -0.1) is 11.3 Å². The molecule has 2 aromatic carbocycles. The van der Waals surface area contributed by atoms with Crippen LogP contribution in [0.25, 0.3) is 11.3 Å². The van der Waals surface area contributed by atoms with Gasteiger partial charge in [0.2, 0.25) is 0 Å². The number of anilines is 1. The topological polar surface area (TPSA) is 80.3 Å². The van der Waals surface area contributed by atoms with Gasteiger partial charge in [0, 0.05) is 16.5 Å². The van der Waals surface area contributed by atoms with Crippen molar-refractivity contribution in [3.63, 3.8) is 0 Å². The molecule has 136 valence electrons. The first kappa shape index (κ1) is 17.2. The number of rotatable bonds is 3. The molecule has 2 N–H and O–H groups in total. The lowest BCUT2D eigenvalue weighted by Gasteiger charge is -2.10. The molecule has 0 spiro atoms. The molecule has 0 saturated heterocycles. The van der Waals surface area contributed by atoms with E-state index in [1.807, 2.05) is 18.2 Å². The van der Waals surface area contributed by atoms with E-state index in [2.05, 4.69) is 15.6 Å². The molecule has 1 aliphatic heterocycles. The second-order valence-electron chi connectivity index (χ2n) is 5.85. The van der Waals surface area contributed by atoms with Crippen LogP contribution in [-0.4, -0.2) is 23.4 Å². The first-order chi connectivity index (χ1) is 13.1. The fourth-order valence-electron chi connectivity index (χ4n) is 2.78. The Hall–Kier alpha value is -3.26. The number of para-hydroxylation sites is 1. The largest absolute Gasteiger partial charge is 0.491 e. The van der Waals surface area contributed by atoms with E-state index in [4.69, 9.17) is 4.74 Å². The van der Waals surface area contributed by atoms with Crippen molar-refractivity contribution < 1.29 is 18.7 Å². The van der Waals surface area contributed by atoms with Gasteiger partial charge in [-0.25, -0.2) is 9.37 Å². The maximum atomic E-state index is 13.8. The van der Waals surface area contributed by atoms with Crippen LogP contribution in [0.2, 0.25) is 0 Å². The predicted molar refractivity (Wildman–Crippen MR) is 99.0 cm³/mol. The van der Waals surface area contributed by atoms with Gasteiger partial charge < -0.3 is 10.1 Å². The van der Waals surface area contributed by atoms with Crippen molar-refractivity contribution in [1.82, 2.24) is 10.3 Å². The average molecular weight is 383 g/mol. The third-order valence-electron chi connectivity index (χ3n) is 4.09. The summed E-state index contributed by atoms with van der Waals surface area (Å²) in [5, 5.41) is 6.92. The minimum atomic E-state index is -0.839. The Labute approximate surface area is 158 Å². The number of ether oxygens (including phenoxy) is 1. The number of fused-ring (bicyclic) bond motifs is 1. The van der Waals surface area contributed by atoms with E-state index in [1.54, 1.807) is 29.6 Å². The summed E-state index contributed by atoms with van der Waals surface area (Å²) in [4.78, 5) is 28.5. The van der Waals surface area contributed by atoms with Crippen LogP contribution in [0.3, 0.4) is 0 Å². The third kappa shape index (κ3) is 3.52. The molecule has 0 saturated carbocycles. The van der Waals surface area contributed by atoms with Crippen LogP contribution in [0.4, 0.5) is 9.52 Å². The van der Waals surface area contributed by atoms with Crippen LogP contribution in [0.1, 0.15) is 11.6 Å². The summed E-state index contributed by atoms with van der Waals surface area (Å²) >= 11 is 1.12. The summed E-state index contributed by atoms with van der Waals surface area (Å²) in [6.07, 6.45) is 0. The molecule has 27 heavy (non-hydrogen) atoms. The number of thiazole rings is 1. The minimum absolute atomic E-state index is 0.219. The number of nitrogens with zero attached hydrogens (tertiary/aromatic N) is 1. The Bertz CT molecular complexity index is 1020. The molecule has 1 aliphatic rings. The molecule has 1 atom stereocenters. The molecule has 4 rings (SSSR count). The van der Waals surface area contributed by atoms with Gasteiger partial charge in [-0.3, -0.25) is 14.9 Å². The first-order valence-corrected chi connectivity index (χ1v) is 9.04. The molecule has 2 amide bonds. The minimum Gasteiger partial charge on any atom is -0.491 e. The summed E-state index contributed by atoms with van der Waals surface area (Å²) in [5.74, 6) is -1.34. The van der Waals surface area contributed by atoms with Crippen LogP contribution in [-0.2, 0) is 9.59 Å². The lowest BCUT2D eigenvalue weighted by atomic mass is 10.1. The number of hydrogen-bond acceptors (Lipinski definition) is 5. The second-order valence-corrected chi connectivity index (χ2v) is 6.70. The Morgan fingerprint density at radius 1 is 1.11 bits per heavy atom. The maximum absolute atomic E-state index is 13.8. The maximum Gasteiger partial charge on any atom is 0.315 e. The van der Waals surface area contributed by atoms with Crippen LogP contribution in [0.15, 0.2) is 53.9 Å². The summed E-state index contributed by atoms with van der Waals surface area (Å²) in [6.45, 7) is 0.271. The van der Waals surface area contributed by atoms with Gasteiger partial charge in [0.25, 0.3) is 0 Å². The number of amides is 2. The van der Waals surface area contributed by atoms with Crippen molar-refractivity contribution in [1.29, 1.82) is 0 Å². The van der Waals surface area contributed by atoms with Gasteiger partial charge in [0.15, 0.2) is 5.13 Å². The highest BCUT2D eigenvalue weighted by atomic mass is 32.1. The van der Waals surface area contributed by atoms with Gasteiger partial charge in [-0.2, -0.15) is 0 Å². The van der Waals surface area contributed by atoms with Gasteiger partial charge in [-0.05, 0) is 18.2 Å². The number of hydrogen-bond donors (Lipinski definition) is 2. The number of halogens is 1. The number of benzene rings is 2. The Kier molecular flexibility index (Phi) is 4.55. The van der Waals surface area contributed by atoms with E-state index < -0.39 is 17.6 Å². The standard InChI is InChI=1S/C19H14FN3O3S/c20-13-7-3-1-5-11(13)15-10-27-19(22-15)23-18(25)17(24)21-14-9-26-16-8-4-2-6-12(14)16/h1-8,10,14H,9H2,(H,21,24)(H,22,23,25)/t14-/m0/s1. The molecule has 8 heteroatoms. The quantitative estimate of drug-likeness (QED) is 0.681. The number of aromatic nitrogens is 1. The number of nitrogens with one attached hydrogen (secondary N) is 2. The zero-order valence-electron chi connectivity index (χ0n) is 13.9. The highest BCUT2D eigenvalue weighted by Gasteiger charge is 2.27. The zero-order valence-corrected chi connectivity index (χ0v) is 14.8. The fourth-order valence-corrected chi connectivity index (χ4v) is 3.49. The van der Waals surface area contributed by atoms with Crippen LogP contribution >= 0.6 is 11.3 Å². The van der Waals surface area contributed by atoms with Crippen molar-refractivity contribution in [2.75, 3.05) is 11.9 Å². The Balaban J connectivity index is 1.41. The molecule has 1 aromatic heterocycles. The lowest BCUT2D eigenvalue weighted by Crippen LogP contribution is -2.38. The number of carbonyl (C=O) groups is 2. The van der Waals surface area contributed by atoms with Crippen molar-refractivity contribution >= 4 is 28.3 Å². The van der Waals surface area contributed by atoms with Crippen LogP contribution in [0, 0.1) is 5.82 Å². The Morgan fingerprint density at radius 3 is 2.74 bits per heavy atom. The monoisotopic (exact) mass is 383 g/mol. The average Bonchev–Trinajstić information content (AvgIpc) is 3.29. The molecule has 0 aliphatic carbocycles. The van der Waals surface area contributed by atoms with Crippen molar-refractivity contribution in [3.8, 4) is 17.0 Å². The smallest absolute Gasteiger partial charge is 0.315 e. The van der Waals surface area contributed by atoms with Gasteiger partial charge >= 0.3 is 11.8 Å². The molecule has 0 radical (unpaired) electrons. The SMILES string of the molecule is O=C(Nc1nc(-c2ccccc2F)cs1)C(=O)N[C@H]1COc2ccccc21. The Morgan fingerprint density at radius 2 is 1.89 bits per heavy atom. The van der Waals surface area contributed by atoms with E-state index in [9.17, 15) is 14.0 Å². The van der Waals surface area contributed by atoms with E-state index >= 15 is 0 Å². The second kappa shape index (κ2) is 7.16. The summed E-state index contributed by atoms with van der Waals surface area (Å²) in [5.41, 5.74) is 1.56. The fraction of sp³-hybridized carbons (Fsp3) is 0.105. The molecule has 2 heterocycles. The summed E-state index contributed by atoms with van der Waals surface area (Å²) in [7, 11) is 0. The molecule has 0 fully saturated rings. The predicted octanol–water partition coefficient (Wildman–Crippen LogP) is 3.14. The highest BCUT2D eigenvalue weighted by molar-refractivity contribution is 7.14. The molecule has 6 nitrogen and oxygen atoms in total. The highest BCUT2D eigenvalue weighted by Crippen LogP contribution is 2.31. The summed E-state index contributed by atoms with van der Waals surface area (Å²) < 4.78 is 19.3. The van der Waals surface area contributed by atoms with Gasteiger partial charge in [-0.1, -0.05) is 30.3 Å². The van der Waals surface area contributed by atoms with E-state index in [0.29, 0.717) is 17.0 Å². The molecule has 3 aromatic rings. The van der Waals surface area contributed by atoms with E-state index in [1.165, 1.54) is 6.07 Å². The zero-order chi connectivity index (χ0) is 18.8. The normalized spacial score (nSPS) is 14.9. The molecule has 0 bridgehead atoms. The molecular weight excluding hydrogens is 369 g/mol. The van der Waals surface area contributed by atoms with Crippen LogP contribution < -0.4 is 15.4 Å². The van der Waals surface area contributed by atoms with Crippen molar-refractivity contribution in [2.24, 2.45) is 0 Å². The van der Waals surface area contributed by atoms with E-state index in [-0.39, 0.29) is 17.8 Å². The van der Waals surface area contributed by atoms with E-state index in [0.717, 1.165) is 16.9 Å². The van der Waals surface area contributed by atoms with Crippen LogP contribution in [0.5, 0.6) is 5.75 Å². The number of carbonyl (C=O) groups excluding carboxylic acids is 2. The molecule has 0 unspecified atom stereocenters. The third-order valence-corrected chi connectivity index (χ3v) is 4.84. The van der Waals surface area contributed by atoms with Crippen molar-refractivity contribution in [2.45, 2.75) is 6.04 Å². The van der Waals surface area contributed by atoms with Gasteiger partial charge in [0.1, 0.15) is 18.2 Å². The molecular formula is C19H14FN3O3S. The van der Waals surface area contributed by atoms with Gasteiger partial charge in [0.05, 0.1) is 11.7 Å². The summed E-state index contributed by atoms with van der Waals surface area (Å²) in [6, 6.07) is 13.2. The first-order valence-electron chi connectivity index (χ1n) is 8.16.